The minimum atomic E-state index is -0.327. The summed E-state index contributed by atoms with van der Waals surface area (Å²) in [5.74, 6) is 0.376. The molecule has 1 aliphatic heterocycles. The number of Topliss-reactive ketones (excluding diaryl/α,β-unsaturated/α-hetero) is 1. The van der Waals surface area contributed by atoms with Crippen molar-refractivity contribution in [3.63, 3.8) is 0 Å². The molecule has 21 heavy (non-hydrogen) atoms. The third kappa shape index (κ3) is 3.07. The van der Waals surface area contributed by atoms with Crippen LogP contribution < -0.4 is 4.90 Å². The predicted molar refractivity (Wildman–Crippen MR) is 77.7 cm³/mol. The molecule has 0 amide bonds. The summed E-state index contributed by atoms with van der Waals surface area (Å²) in [6.07, 6.45) is 5.80. The molecule has 2 aromatic rings. The molecule has 1 atom stereocenters. The summed E-state index contributed by atoms with van der Waals surface area (Å²) in [6, 6.07) is 7.61. The lowest BCUT2D eigenvalue weighted by Crippen LogP contribution is -2.32. The van der Waals surface area contributed by atoms with Gasteiger partial charge in [0, 0.05) is 37.0 Å². The second kappa shape index (κ2) is 5.99. The molecule has 0 radical (unpaired) electrons. The van der Waals surface area contributed by atoms with Crippen LogP contribution in [0.4, 0.5) is 10.3 Å². The number of benzene rings is 1. The summed E-state index contributed by atoms with van der Waals surface area (Å²) < 4.78 is 12.9. The van der Waals surface area contributed by atoms with E-state index in [2.05, 4.69) is 14.9 Å². The fraction of sp³-hybridized carbons (Fsp3) is 0.312. The van der Waals surface area contributed by atoms with Crippen LogP contribution in [0.25, 0.3) is 0 Å². The van der Waals surface area contributed by atoms with Crippen LogP contribution in [0, 0.1) is 5.82 Å². The molecule has 1 saturated heterocycles. The molecule has 0 unspecified atom stereocenters. The van der Waals surface area contributed by atoms with Gasteiger partial charge in [0.2, 0.25) is 5.95 Å². The molecule has 0 N–H and O–H groups in total. The van der Waals surface area contributed by atoms with Crippen molar-refractivity contribution in [3.8, 4) is 0 Å². The Bertz CT molecular complexity index is 615. The average Bonchev–Trinajstić information content (AvgIpc) is 2.97. The first-order chi connectivity index (χ1) is 10.2. The van der Waals surface area contributed by atoms with Crippen molar-refractivity contribution in [1.29, 1.82) is 0 Å². The fourth-order valence-electron chi connectivity index (χ4n) is 2.72. The number of anilines is 1. The Morgan fingerprint density at radius 3 is 2.67 bits per heavy atom. The zero-order valence-corrected chi connectivity index (χ0v) is 11.6. The summed E-state index contributed by atoms with van der Waals surface area (Å²) in [6.45, 7) is 0.866. The van der Waals surface area contributed by atoms with Crippen LogP contribution in [0.3, 0.4) is 0 Å². The van der Waals surface area contributed by atoms with Crippen molar-refractivity contribution in [2.45, 2.75) is 25.3 Å². The van der Waals surface area contributed by atoms with Gasteiger partial charge in [-0.25, -0.2) is 14.4 Å². The van der Waals surface area contributed by atoms with E-state index in [1.165, 1.54) is 24.3 Å². The Morgan fingerprint density at radius 2 is 1.95 bits per heavy atom. The molecule has 3 rings (SSSR count). The number of halogens is 1. The third-order valence-electron chi connectivity index (χ3n) is 3.77. The van der Waals surface area contributed by atoms with Gasteiger partial charge in [-0.15, -0.1) is 0 Å². The van der Waals surface area contributed by atoms with E-state index in [4.69, 9.17) is 0 Å². The van der Waals surface area contributed by atoms with E-state index >= 15 is 0 Å². The summed E-state index contributed by atoms with van der Waals surface area (Å²) in [7, 11) is 0. The van der Waals surface area contributed by atoms with Crippen LogP contribution in [0.1, 0.15) is 29.6 Å². The number of hydrogen-bond donors (Lipinski definition) is 0. The van der Waals surface area contributed by atoms with Gasteiger partial charge in [0.15, 0.2) is 5.78 Å². The number of aromatic nitrogens is 2. The van der Waals surface area contributed by atoms with Gasteiger partial charge in [0.05, 0.1) is 0 Å². The fourth-order valence-corrected chi connectivity index (χ4v) is 2.72. The predicted octanol–water partition coefficient (Wildman–Crippen LogP) is 2.86. The van der Waals surface area contributed by atoms with E-state index in [1.54, 1.807) is 18.5 Å². The van der Waals surface area contributed by atoms with Crippen LogP contribution in [-0.2, 0) is 0 Å². The van der Waals surface area contributed by atoms with Gasteiger partial charge in [-0.1, -0.05) is 0 Å². The topological polar surface area (TPSA) is 46.1 Å². The monoisotopic (exact) mass is 285 g/mol. The van der Waals surface area contributed by atoms with Crippen molar-refractivity contribution in [2.75, 3.05) is 11.4 Å². The summed E-state index contributed by atoms with van der Waals surface area (Å²) in [4.78, 5) is 22.9. The Morgan fingerprint density at radius 1 is 1.24 bits per heavy atom. The average molecular weight is 285 g/mol. The smallest absolute Gasteiger partial charge is 0.225 e. The van der Waals surface area contributed by atoms with Crippen molar-refractivity contribution < 1.29 is 9.18 Å². The van der Waals surface area contributed by atoms with E-state index in [-0.39, 0.29) is 17.6 Å². The lowest BCUT2D eigenvalue weighted by Gasteiger charge is -2.23. The molecule has 0 spiro atoms. The highest BCUT2D eigenvalue weighted by atomic mass is 19.1. The lowest BCUT2D eigenvalue weighted by molar-refractivity contribution is 0.0974. The molecule has 1 aromatic heterocycles. The largest absolute Gasteiger partial charge is 0.337 e. The number of hydrogen-bond acceptors (Lipinski definition) is 4. The first-order valence-corrected chi connectivity index (χ1v) is 7.06. The molecule has 5 heteroatoms. The molecule has 1 fully saturated rings. The minimum Gasteiger partial charge on any atom is -0.337 e. The Balaban J connectivity index is 1.71. The van der Waals surface area contributed by atoms with Gasteiger partial charge in [-0.05, 0) is 43.2 Å². The Kier molecular flexibility index (Phi) is 3.90. The van der Waals surface area contributed by atoms with Gasteiger partial charge in [-0.2, -0.15) is 0 Å². The van der Waals surface area contributed by atoms with Crippen LogP contribution in [0.15, 0.2) is 42.7 Å². The molecule has 2 heterocycles. The van der Waals surface area contributed by atoms with Crippen LogP contribution in [-0.4, -0.2) is 28.3 Å². The lowest BCUT2D eigenvalue weighted by atomic mass is 10.0. The van der Waals surface area contributed by atoms with Gasteiger partial charge in [0.1, 0.15) is 5.82 Å². The molecular weight excluding hydrogens is 269 g/mol. The van der Waals surface area contributed by atoms with Crippen LogP contribution in [0.5, 0.6) is 0 Å². The van der Waals surface area contributed by atoms with Gasteiger partial charge >= 0.3 is 0 Å². The highest BCUT2D eigenvalue weighted by Gasteiger charge is 2.28. The van der Waals surface area contributed by atoms with Crippen molar-refractivity contribution in [3.05, 3.63) is 54.1 Å². The maximum atomic E-state index is 12.9. The number of carbonyl (C=O) groups excluding carboxylic acids is 1. The summed E-state index contributed by atoms with van der Waals surface area (Å²) in [5.41, 5.74) is 0.553. The van der Waals surface area contributed by atoms with E-state index in [0.717, 1.165) is 19.4 Å². The second-order valence-corrected chi connectivity index (χ2v) is 5.17. The third-order valence-corrected chi connectivity index (χ3v) is 3.77. The molecule has 0 aliphatic carbocycles. The Labute approximate surface area is 122 Å². The highest BCUT2D eigenvalue weighted by molar-refractivity contribution is 5.96. The number of carbonyl (C=O) groups is 1. The number of ketones is 1. The zero-order valence-electron chi connectivity index (χ0n) is 11.6. The Hall–Kier alpha value is -2.30. The van der Waals surface area contributed by atoms with E-state index in [9.17, 15) is 9.18 Å². The van der Waals surface area contributed by atoms with Gasteiger partial charge < -0.3 is 4.90 Å². The van der Waals surface area contributed by atoms with Crippen LogP contribution >= 0.6 is 0 Å². The van der Waals surface area contributed by atoms with Gasteiger partial charge in [0.25, 0.3) is 0 Å². The molecular formula is C16H16FN3O. The SMILES string of the molecule is O=C(C[C@H]1CCCN1c1ncccn1)c1ccc(F)cc1. The maximum absolute atomic E-state index is 12.9. The number of rotatable bonds is 4. The normalized spacial score (nSPS) is 18.0. The second-order valence-electron chi connectivity index (χ2n) is 5.17. The molecule has 108 valence electrons. The molecule has 1 aliphatic rings. The molecule has 0 bridgehead atoms. The van der Waals surface area contributed by atoms with Crippen molar-refractivity contribution in [2.24, 2.45) is 0 Å². The highest BCUT2D eigenvalue weighted by Crippen LogP contribution is 2.25. The standard InChI is InChI=1S/C16H16FN3O/c17-13-6-4-12(5-7-13)15(21)11-14-3-1-10-20(14)16-18-8-2-9-19-16/h2,4-9,14H,1,3,10-11H2/t14-/m1/s1. The van der Waals surface area contributed by atoms with Gasteiger partial charge in [-0.3, -0.25) is 4.79 Å². The maximum Gasteiger partial charge on any atom is 0.225 e. The first kappa shape index (κ1) is 13.7. The van der Waals surface area contributed by atoms with Crippen LogP contribution in [0.2, 0.25) is 0 Å². The van der Waals surface area contributed by atoms with Crippen molar-refractivity contribution in [1.82, 2.24) is 9.97 Å². The van der Waals surface area contributed by atoms with E-state index in [1.807, 2.05) is 0 Å². The molecule has 1 aromatic carbocycles. The quantitative estimate of drug-likeness (QED) is 0.810. The molecule has 4 nitrogen and oxygen atoms in total. The summed E-state index contributed by atoms with van der Waals surface area (Å²) in [5, 5.41) is 0. The minimum absolute atomic E-state index is 0.0304. The van der Waals surface area contributed by atoms with Crippen molar-refractivity contribution >= 4 is 11.7 Å². The first-order valence-electron chi connectivity index (χ1n) is 7.06. The zero-order chi connectivity index (χ0) is 14.7. The molecule has 0 saturated carbocycles. The van der Waals surface area contributed by atoms with E-state index < -0.39 is 0 Å². The summed E-state index contributed by atoms with van der Waals surface area (Å²) >= 11 is 0. The number of nitrogens with zero attached hydrogens (tertiary/aromatic N) is 3. The van der Waals surface area contributed by atoms with E-state index in [0.29, 0.717) is 17.9 Å².